The zero-order valence-corrected chi connectivity index (χ0v) is 11.2. The van der Waals surface area contributed by atoms with Gasteiger partial charge in [-0.05, 0) is 29.8 Å². The lowest BCUT2D eigenvalue weighted by Gasteiger charge is -2.04. The Labute approximate surface area is 121 Å². The third-order valence-electron chi connectivity index (χ3n) is 3.00. The molecule has 1 aromatic heterocycles. The lowest BCUT2D eigenvalue weighted by molar-refractivity contribution is 1.09. The van der Waals surface area contributed by atoms with Gasteiger partial charge in [-0.3, -0.25) is 4.57 Å². The fraction of sp³-hybridized carbons (Fsp3) is 0. The molecule has 1 heterocycles. The van der Waals surface area contributed by atoms with Crippen LogP contribution in [0.25, 0.3) is 16.7 Å². The number of guanidine groups is 1. The number of para-hydroxylation sites is 2. The van der Waals surface area contributed by atoms with Crippen LogP contribution in [0.15, 0.2) is 65.1 Å². The van der Waals surface area contributed by atoms with Crippen LogP contribution in [0, 0.1) is 0 Å². The van der Waals surface area contributed by atoms with E-state index in [-0.39, 0.29) is 5.96 Å². The van der Waals surface area contributed by atoms with E-state index in [0.717, 1.165) is 22.3 Å². The number of nitrogens with two attached hydrogens (primary N) is 2. The van der Waals surface area contributed by atoms with Crippen LogP contribution in [0.5, 0.6) is 0 Å². The van der Waals surface area contributed by atoms with Crippen LogP contribution < -0.4 is 11.5 Å². The van der Waals surface area contributed by atoms with Crippen molar-refractivity contribution in [3.8, 4) is 5.69 Å². The summed E-state index contributed by atoms with van der Waals surface area (Å²) in [7, 11) is 0. The maximum Gasteiger partial charge on any atom is 0.211 e. The summed E-state index contributed by atoms with van der Waals surface area (Å²) in [5.41, 5.74) is 14.4. The first kappa shape index (κ1) is 12.9. The smallest absolute Gasteiger partial charge is 0.211 e. The molecule has 3 rings (SSSR count). The van der Waals surface area contributed by atoms with Crippen molar-refractivity contribution in [1.29, 1.82) is 0 Å². The van der Waals surface area contributed by atoms with Crippen molar-refractivity contribution in [2.24, 2.45) is 21.7 Å². The molecule has 0 atom stereocenters. The molecular weight excluding hydrogens is 264 g/mol. The highest BCUT2D eigenvalue weighted by Crippen LogP contribution is 2.17. The molecule has 0 saturated heterocycles. The summed E-state index contributed by atoms with van der Waals surface area (Å²) in [6, 6.07) is 15.9. The van der Waals surface area contributed by atoms with Gasteiger partial charge in [0.25, 0.3) is 0 Å². The van der Waals surface area contributed by atoms with Gasteiger partial charge in [-0.15, -0.1) is 5.10 Å². The van der Waals surface area contributed by atoms with E-state index in [1.165, 1.54) is 0 Å². The number of hydrogen-bond donors (Lipinski definition) is 2. The van der Waals surface area contributed by atoms with E-state index >= 15 is 0 Å². The van der Waals surface area contributed by atoms with Gasteiger partial charge < -0.3 is 11.5 Å². The Morgan fingerprint density at radius 2 is 1.81 bits per heavy atom. The van der Waals surface area contributed by atoms with Gasteiger partial charge in [-0.2, -0.15) is 5.10 Å². The topological polar surface area (TPSA) is 94.6 Å². The molecule has 0 amide bonds. The van der Waals surface area contributed by atoms with Gasteiger partial charge in [0.15, 0.2) is 0 Å². The summed E-state index contributed by atoms with van der Waals surface area (Å²) in [6.45, 7) is 0. The maximum atomic E-state index is 5.20. The quantitative estimate of drug-likeness (QED) is 0.433. The number of imidazole rings is 1. The number of fused-ring (bicyclic) bond motifs is 1. The molecule has 0 aliphatic carbocycles. The van der Waals surface area contributed by atoms with Crippen LogP contribution in [-0.4, -0.2) is 21.7 Å². The van der Waals surface area contributed by atoms with Gasteiger partial charge in [-0.25, -0.2) is 4.98 Å². The molecule has 0 aliphatic rings. The minimum absolute atomic E-state index is 0.0623. The molecule has 0 aliphatic heterocycles. The normalized spacial score (nSPS) is 11.0. The fourth-order valence-corrected chi connectivity index (χ4v) is 2.05. The lowest BCUT2D eigenvalue weighted by atomic mass is 10.2. The van der Waals surface area contributed by atoms with Crippen molar-refractivity contribution in [3.05, 3.63) is 60.4 Å². The summed E-state index contributed by atoms with van der Waals surface area (Å²) in [4.78, 5) is 4.38. The second-order valence-electron chi connectivity index (χ2n) is 4.46. The van der Waals surface area contributed by atoms with Gasteiger partial charge in [-0.1, -0.05) is 24.3 Å². The molecule has 0 spiro atoms. The Balaban J connectivity index is 1.91. The van der Waals surface area contributed by atoms with Crippen molar-refractivity contribution in [3.63, 3.8) is 0 Å². The number of benzene rings is 2. The van der Waals surface area contributed by atoms with E-state index < -0.39 is 0 Å². The maximum absolute atomic E-state index is 5.20. The monoisotopic (exact) mass is 278 g/mol. The largest absolute Gasteiger partial charge is 0.369 e. The molecule has 6 nitrogen and oxygen atoms in total. The van der Waals surface area contributed by atoms with Gasteiger partial charge in [0.05, 0.1) is 17.2 Å². The molecule has 4 N–H and O–H groups in total. The van der Waals surface area contributed by atoms with E-state index in [0.29, 0.717) is 0 Å². The van der Waals surface area contributed by atoms with Crippen molar-refractivity contribution in [2.75, 3.05) is 0 Å². The predicted octanol–water partition coefficient (Wildman–Crippen LogP) is 1.63. The first-order valence-corrected chi connectivity index (χ1v) is 6.38. The first-order chi connectivity index (χ1) is 10.2. The van der Waals surface area contributed by atoms with E-state index in [1.807, 2.05) is 59.4 Å². The highest BCUT2D eigenvalue weighted by atomic mass is 15.3. The van der Waals surface area contributed by atoms with Crippen LogP contribution in [0.3, 0.4) is 0 Å². The fourth-order valence-electron chi connectivity index (χ4n) is 2.05. The van der Waals surface area contributed by atoms with Crippen LogP contribution in [-0.2, 0) is 0 Å². The highest BCUT2D eigenvalue weighted by molar-refractivity contribution is 5.82. The third-order valence-corrected chi connectivity index (χ3v) is 3.00. The molecule has 0 fully saturated rings. The second-order valence-corrected chi connectivity index (χ2v) is 4.46. The number of hydrogen-bond acceptors (Lipinski definition) is 3. The highest BCUT2D eigenvalue weighted by Gasteiger charge is 2.03. The van der Waals surface area contributed by atoms with Crippen LogP contribution in [0.4, 0.5) is 0 Å². The number of rotatable bonds is 3. The van der Waals surface area contributed by atoms with Crippen molar-refractivity contribution in [1.82, 2.24) is 9.55 Å². The molecule has 21 heavy (non-hydrogen) atoms. The van der Waals surface area contributed by atoms with Crippen molar-refractivity contribution < 1.29 is 0 Å². The first-order valence-electron chi connectivity index (χ1n) is 6.38. The van der Waals surface area contributed by atoms with Gasteiger partial charge in [0.1, 0.15) is 6.33 Å². The van der Waals surface area contributed by atoms with Crippen molar-refractivity contribution in [2.45, 2.75) is 0 Å². The molecule has 6 heteroatoms. The number of aromatic nitrogens is 2. The molecule has 0 bridgehead atoms. The van der Waals surface area contributed by atoms with Crippen LogP contribution >= 0.6 is 0 Å². The summed E-state index contributed by atoms with van der Waals surface area (Å²) in [5.74, 6) is -0.0623. The molecule has 3 aromatic rings. The second kappa shape index (κ2) is 5.46. The van der Waals surface area contributed by atoms with Gasteiger partial charge in [0, 0.05) is 5.69 Å². The third kappa shape index (κ3) is 2.74. The molecule has 0 radical (unpaired) electrons. The minimum Gasteiger partial charge on any atom is -0.369 e. The SMILES string of the molecule is NC(N)=NN=Cc1ccc(-n2cnc3ccccc32)cc1. The van der Waals surface area contributed by atoms with Gasteiger partial charge >= 0.3 is 0 Å². The van der Waals surface area contributed by atoms with Crippen LogP contribution in [0.1, 0.15) is 5.56 Å². The average Bonchev–Trinajstić information content (AvgIpc) is 2.92. The average molecular weight is 278 g/mol. The summed E-state index contributed by atoms with van der Waals surface area (Å²) in [5, 5.41) is 7.34. The summed E-state index contributed by atoms with van der Waals surface area (Å²) >= 11 is 0. The standard InChI is InChI=1S/C15H14N6/c16-15(17)20-19-9-11-5-7-12(8-6-11)21-10-18-13-3-1-2-4-14(13)21/h1-10H,(H4,16,17,20). The Bertz CT molecular complexity index is 810. The Kier molecular flexibility index (Phi) is 3.34. The molecule has 2 aromatic carbocycles. The van der Waals surface area contributed by atoms with Crippen LogP contribution in [0.2, 0.25) is 0 Å². The lowest BCUT2D eigenvalue weighted by Crippen LogP contribution is -2.21. The number of nitrogens with zero attached hydrogens (tertiary/aromatic N) is 4. The van der Waals surface area contributed by atoms with E-state index in [2.05, 4.69) is 15.2 Å². The molecule has 0 saturated carbocycles. The molecule has 104 valence electrons. The predicted molar refractivity (Wildman–Crippen MR) is 84.5 cm³/mol. The van der Waals surface area contributed by atoms with E-state index in [4.69, 9.17) is 11.5 Å². The molecule has 0 unspecified atom stereocenters. The summed E-state index contributed by atoms with van der Waals surface area (Å²) < 4.78 is 2.03. The zero-order chi connectivity index (χ0) is 14.7. The van der Waals surface area contributed by atoms with E-state index in [9.17, 15) is 0 Å². The Morgan fingerprint density at radius 3 is 2.57 bits per heavy atom. The van der Waals surface area contributed by atoms with Crippen molar-refractivity contribution >= 4 is 23.2 Å². The van der Waals surface area contributed by atoms with E-state index in [1.54, 1.807) is 6.21 Å². The van der Waals surface area contributed by atoms with Gasteiger partial charge in [0.2, 0.25) is 5.96 Å². The summed E-state index contributed by atoms with van der Waals surface area (Å²) in [6.07, 6.45) is 3.41. The Morgan fingerprint density at radius 1 is 1.05 bits per heavy atom. The zero-order valence-electron chi connectivity index (χ0n) is 11.2. The minimum atomic E-state index is -0.0623. The molecular formula is C15H14N6. The Hall–Kier alpha value is -3.15.